The minimum atomic E-state index is -1.15. The molecule has 3 aromatic rings. The van der Waals surface area contributed by atoms with Crippen LogP contribution in [0.3, 0.4) is 0 Å². The van der Waals surface area contributed by atoms with E-state index >= 15 is 0 Å². The Kier molecular flexibility index (Phi) is 5.83. The third-order valence-corrected chi connectivity index (χ3v) is 5.64. The Morgan fingerprint density at radius 1 is 1.10 bits per heavy atom. The maximum absolute atomic E-state index is 13.5. The smallest absolute Gasteiger partial charge is 0.501 e. The number of benzene rings is 2. The van der Waals surface area contributed by atoms with Crippen LogP contribution < -0.4 is 10.4 Å². The minimum absolute atomic E-state index is 0.111. The van der Waals surface area contributed by atoms with E-state index < -0.39 is 17.3 Å². The second kappa shape index (κ2) is 8.53. The van der Waals surface area contributed by atoms with Gasteiger partial charge in [0, 0.05) is 30.7 Å². The van der Waals surface area contributed by atoms with E-state index in [9.17, 15) is 18.8 Å². The van der Waals surface area contributed by atoms with Crippen molar-refractivity contribution in [3.8, 4) is 0 Å². The van der Waals surface area contributed by atoms with Crippen LogP contribution in [0.1, 0.15) is 18.4 Å². The van der Waals surface area contributed by atoms with E-state index in [-0.39, 0.29) is 15.6 Å². The topological polar surface area (TPSA) is 52.2 Å². The second-order valence-corrected chi connectivity index (χ2v) is 7.80. The van der Waals surface area contributed by atoms with Crippen LogP contribution in [-0.4, -0.2) is 29.1 Å². The van der Waals surface area contributed by atoms with Crippen molar-refractivity contribution in [2.24, 2.45) is 0 Å². The largest absolute Gasteiger partial charge is 0.708 e. The van der Waals surface area contributed by atoms with Crippen LogP contribution in [0.2, 0.25) is 5.02 Å². The SMILES string of the molecule is O=c1n(CCCN2CC=C(c3ccc(Cl)cc3)CC2)cc2cc(F)c(F)cc2[n+]1[O-]. The molecule has 0 spiro atoms. The maximum Gasteiger partial charge on any atom is 0.501 e. The van der Waals surface area contributed by atoms with Crippen molar-refractivity contribution in [2.75, 3.05) is 19.6 Å². The number of fused-ring (bicyclic) bond motifs is 1. The first-order valence-electron chi connectivity index (χ1n) is 9.71. The van der Waals surface area contributed by atoms with Crippen LogP contribution in [0.25, 0.3) is 16.5 Å². The first-order chi connectivity index (χ1) is 14.4. The van der Waals surface area contributed by atoms with Crippen molar-refractivity contribution in [3.05, 3.63) is 86.6 Å². The highest BCUT2D eigenvalue weighted by Crippen LogP contribution is 2.23. The van der Waals surface area contributed by atoms with Crippen LogP contribution in [0.4, 0.5) is 8.78 Å². The number of aromatic nitrogens is 2. The van der Waals surface area contributed by atoms with Gasteiger partial charge in [0.05, 0.1) is 11.9 Å². The molecule has 1 aliphatic rings. The molecule has 2 aromatic carbocycles. The van der Waals surface area contributed by atoms with Gasteiger partial charge in [-0.3, -0.25) is 4.90 Å². The summed E-state index contributed by atoms with van der Waals surface area (Å²) in [5, 5.41) is 13.0. The lowest BCUT2D eigenvalue weighted by Gasteiger charge is -2.26. The molecule has 156 valence electrons. The number of aryl methyl sites for hydroxylation is 1. The summed E-state index contributed by atoms with van der Waals surface area (Å²) in [6.45, 7) is 2.77. The van der Waals surface area contributed by atoms with Crippen molar-refractivity contribution in [2.45, 2.75) is 19.4 Å². The number of rotatable bonds is 5. The van der Waals surface area contributed by atoms with Crippen LogP contribution in [0.15, 0.2) is 53.5 Å². The highest BCUT2D eigenvalue weighted by molar-refractivity contribution is 6.30. The monoisotopic (exact) mass is 431 g/mol. The number of hydrogen-bond acceptors (Lipinski definition) is 3. The van der Waals surface area contributed by atoms with E-state index in [0.717, 1.165) is 38.2 Å². The van der Waals surface area contributed by atoms with Crippen molar-refractivity contribution >= 4 is 28.1 Å². The predicted octanol–water partition coefficient (Wildman–Crippen LogP) is 3.75. The fourth-order valence-electron chi connectivity index (χ4n) is 3.74. The molecule has 4 rings (SSSR count). The third kappa shape index (κ3) is 4.22. The molecule has 0 unspecified atom stereocenters. The van der Waals surface area contributed by atoms with E-state index in [1.807, 2.05) is 24.3 Å². The molecule has 1 aliphatic heterocycles. The average Bonchev–Trinajstić information content (AvgIpc) is 2.74. The minimum Gasteiger partial charge on any atom is -0.708 e. The summed E-state index contributed by atoms with van der Waals surface area (Å²) in [4.78, 5) is 14.5. The molecule has 0 atom stereocenters. The Labute approximate surface area is 177 Å². The first kappa shape index (κ1) is 20.5. The number of nitrogens with zero attached hydrogens (tertiary/aromatic N) is 3. The summed E-state index contributed by atoms with van der Waals surface area (Å²) in [7, 11) is 0. The Bertz CT molecular complexity index is 1180. The standard InChI is InChI=1S/C22H20ClF2N3O2/c23-18-4-2-15(3-5-18)16-6-10-26(11-7-16)8-1-9-27-14-17-12-19(24)20(25)13-21(17)28(30)22(27)29/h2-6,12-14H,1,7-11H2. The Morgan fingerprint density at radius 3 is 2.53 bits per heavy atom. The van der Waals surface area contributed by atoms with Gasteiger partial charge in [-0.05, 0) is 42.2 Å². The molecule has 2 heterocycles. The van der Waals surface area contributed by atoms with Gasteiger partial charge in [-0.1, -0.05) is 29.8 Å². The summed E-state index contributed by atoms with van der Waals surface area (Å²) < 4.78 is 28.2. The lowest BCUT2D eigenvalue weighted by Crippen LogP contribution is -2.50. The van der Waals surface area contributed by atoms with Crippen LogP contribution >= 0.6 is 11.6 Å². The van der Waals surface area contributed by atoms with Gasteiger partial charge in [-0.2, -0.15) is 14.1 Å². The highest BCUT2D eigenvalue weighted by Gasteiger charge is 2.17. The molecular formula is C22H20ClF2N3O2. The molecule has 0 aliphatic carbocycles. The molecule has 5 nitrogen and oxygen atoms in total. The van der Waals surface area contributed by atoms with Crippen molar-refractivity contribution in [3.63, 3.8) is 0 Å². The predicted molar refractivity (Wildman–Crippen MR) is 112 cm³/mol. The van der Waals surface area contributed by atoms with E-state index in [2.05, 4.69) is 11.0 Å². The van der Waals surface area contributed by atoms with Gasteiger partial charge in [0.25, 0.3) is 0 Å². The second-order valence-electron chi connectivity index (χ2n) is 7.36. The lowest BCUT2D eigenvalue weighted by molar-refractivity contribution is -0.599. The quantitative estimate of drug-likeness (QED) is 0.456. The molecule has 0 fully saturated rings. The maximum atomic E-state index is 13.5. The summed E-state index contributed by atoms with van der Waals surface area (Å²) in [6, 6.07) is 9.48. The third-order valence-electron chi connectivity index (χ3n) is 5.38. The molecule has 0 radical (unpaired) electrons. The zero-order chi connectivity index (χ0) is 21.3. The van der Waals surface area contributed by atoms with Crippen molar-refractivity contribution in [1.29, 1.82) is 0 Å². The Morgan fingerprint density at radius 2 is 1.83 bits per heavy atom. The molecule has 8 heteroatoms. The normalized spacial score (nSPS) is 14.8. The van der Waals surface area contributed by atoms with E-state index in [0.29, 0.717) is 18.0 Å². The number of hydrogen-bond donors (Lipinski definition) is 0. The van der Waals surface area contributed by atoms with Gasteiger partial charge in [0.1, 0.15) is 11.7 Å². The van der Waals surface area contributed by atoms with Crippen LogP contribution in [-0.2, 0) is 6.54 Å². The first-order valence-corrected chi connectivity index (χ1v) is 10.1. The Balaban J connectivity index is 1.39. The molecular weight excluding hydrogens is 412 g/mol. The van der Waals surface area contributed by atoms with Crippen molar-refractivity contribution < 1.29 is 13.5 Å². The zero-order valence-electron chi connectivity index (χ0n) is 16.2. The molecule has 0 saturated heterocycles. The van der Waals surface area contributed by atoms with E-state index in [4.69, 9.17) is 11.6 Å². The number of halogens is 3. The molecule has 0 saturated carbocycles. The van der Waals surface area contributed by atoms with Crippen molar-refractivity contribution in [1.82, 2.24) is 9.47 Å². The molecule has 0 bridgehead atoms. The van der Waals surface area contributed by atoms with Gasteiger partial charge in [-0.15, -0.1) is 0 Å². The average molecular weight is 432 g/mol. The lowest BCUT2D eigenvalue weighted by atomic mass is 9.99. The van der Waals surface area contributed by atoms with Crippen LogP contribution in [0, 0.1) is 16.8 Å². The fourth-order valence-corrected chi connectivity index (χ4v) is 3.87. The molecule has 30 heavy (non-hydrogen) atoms. The summed E-state index contributed by atoms with van der Waals surface area (Å²) in [6.07, 6.45) is 5.17. The highest BCUT2D eigenvalue weighted by atomic mass is 35.5. The molecule has 0 N–H and O–H groups in total. The molecule has 0 amide bonds. The summed E-state index contributed by atoms with van der Waals surface area (Å²) in [5.41, 5.74) is 1.49. The van der Waals surface area contributed by atoms with Crippen LogP contribution in [0.5, 0.6) is 0 Å². The zero-order valence-corrected chi connectivity index (χ0v) is 16.9. The van der Waals surface area contributed by atoms with E-state index in [1.165, 1.54) is 21.9 Å². The van der Waals surface area contributed by atoms with Gasteiger partial charge in [0.15, 0.2) is 11.6 Å². The van der Waals surface area contributed by atoms with E-state index in [1.54, 1.807) is 0 Å². The Hall–Kier alpha value is -2.77. The van der Waals surface area contributed by atoms with Gasteiger partial charge in [0.2, 0.25) is 0 Å². The fraction of sp³-hybridized carbons (Fsp3) is 0.273. The van der Waals surface area contributed by atoms with Gasteiger partial charge in [-0.25, -0.2) is 8.78 Å². The van der Waals surface area contributed by atoms with Gasteiger partial charge < -0.3 is 5.21 Å². The molecule has 1 aromatic heterocycles. The van der Waals surface area contributed by atoms with Gasteiger partial charge >= 0.3 is 5.69 Å². The summed E-state index contributed by atoms with van der Waals surface area (Å²) >= 11 is 5.94. The summed E-state index contributed by atoms with van der Waals surface area (Å²) in [5.74, 6) is -2.20.